The third-order valence-electron chi connectivity index (χ3n) is 0.149. The summed E-state index contributed by atoms with van der Waals surface area (Å²) < 4.78 is 0. The van der Waals surface area contributed by atoms with Crippen LogP contribution in [0, 0.1) is 4.91 Å². The SMILES string of the molecule is O=CCN=O. The maximum atomic E-state index is 9.11. The molecule has 0 aliphatic heterocycles. The zero-order chi connectivity index (χ0) is 4.12. The van der Waals surface area contributed by atoms with Crippen molar-refractivity contribution >= 4 is 6.29 Å². The van der Waals surface area contributed by atoms with E-state index in [0.29, 0.717) is 6.29 Å². The molecular weight excluding hydrogens is 70.0 g/mol. The molecule has 0 aliphatic rings. The molecule has 0 N–H and O–H groups in total. The van der Waals surface area contributed by atoms with Crippen molar-refractivity contribution in [3.05, 3.63) is 4.91 Å². The quantitative estimate of drug-likeness (QED) is 0.340. The van der Waals surface area contributed by atoms with Crippen LogP contribution in [0.1, 0.15) is 0 Å². The molecule has 0 aromatic rings. The Balaban J connectivity index is 2.65. The van der Waals surface area contributed by atoms with Crippen molar-refractivity contribution in [2.24, 2.45) is 5.18 Å². The molecule has 28 valence electrons. The van der Waals surface area contributed by atoms with Gasteiger partial charge in [0.1, 0.15) is 12.8 Å². The molecular formula is C2H3NO2. The zero-order valence-electron chi connectivity index (χ0n) is 2.55. The highest BCUT2D eigenvalue weighted by Gasteiger charge is 1.64. The summed E-state index contributed by atoms with van der Waals surface area (Å²) in [6, 6.07) is 0. The molecule has 0 heterocycles. The molecule has 0 aromatic carbocycles. The first-order valence-corrected chi connectivity index (χ1v) is 1.14. The molecule has 3 nitrogen and oxygen atoms in total. The van der Waals surface area contributed by atoms with Crippen molar-refractivity contribution in [3.8, 4) is 0 Å². The van der Waals surface area contributed by atoms with Gasteiger partial charge in [-0.15, -0.1) is 0 Å². The van der Waals surface area contributed by atoms with E-state index in [4.69, 9.17) is 9.70 Å². The van der Waals surface area contributed by atoms with Crippen molar-refractivity contribution in [1.29, 1.82) is 0 Å². The molecule has 0 aliphatic carbocycles. The van der Waals surface area contributed by atoms with E-state index in [9.17, 15) is 0 Å². The Morgan fingerprint density at radius 1 is 1.80 bits per heavy atom. The Bertz CT molecular complexity index is 36.9. The average Bonchev–Trinajstić information content (AvgIpc) is 1.41. The Morgan fingerprint density at radius 3 is 2.40 bits per heavy atom. The number of carbonyl (C=O) groups is 1. The maximum Gasteiger partial charge on any atom is 0.145 e. The average molecular weight is 73.1 g/mol. The number of nitroso groups, excluding NO2 is 1. The van der Waals surface area contributed by atoms with E-state index in [0.717, 1.165) is 0 Å². The summed E-state index contributed by atoms with van der Waals surface area (Å²) in [4.78, 5) is 18.0. The lowest BCUT2D eigenvalue weighted by Gasteiger charge is -1.54. The highest BCUT2D eigenvalue weighted by molar-refractivity contribution is 5.51. The molecule has 0 saturated heterocycles. The smallest absolute Gasteiger partial charge is 0.145 e. The van der Waals surface area contributed by atoms with Gasteiger partial charge in [-0.05, 0) is 0 Å². The van der Waals surface area contributed by atoms with E-state index >= 15 is 0 Å². The molecule has 0 unspecified atom stereocenters. The third kappa shape index (κ3) is 3.27. The highest BCUT2D eigenvalue weighted by Crippen LogP contribution is 1.50. The van der Waals surface area contributed by atoms with Gasteiger partial charge >= 0.3 is 0 Å². The number of rotatable bonds is 2. The van der Waals surface area contributed by atoms with Gasteiger partial charge in [-0.3, -0.25) is 0 Å². The Morgan fingerprint density at radius 2 is 2.40 bits per heavy atom. The molecule has 0 fully saturated rings. The van der Waals surface area contributed by atoms with Gasteiger partial charge in [-0.2, -0.15) is 4.91 Å². The molecule has 0 rings (SSSR count). The zero-order valence-corrected chi connectivity index (χ0v) is 2.55. The molecule has 3 heteroatoms. The van der Waals surface area contributed by atoms with E-state index in [1.165, 1.54) is 0 Å². The second-order valence-corrected chi connectivity index (χ2v) is 0.478. The number of hydrogen-bond donors (Lipinski definition) is 0. The molecule has 0 amide bonds. The van der Waals surface area contributed by atoms with Gasteiger partial charge in [-0.1, -0.05) is 5.18 Å². The molecule has 0 saturated carbocycles. The van der Waals surface area contributed by atoms with Crippen LogP contribution in [0.5, 0.6) is 0 Å². The predicted molar refractivity (Wildman–Crippen MR) is 16.7 cm³/mol. The summed E-state index contributed by atoms with van der Waals surface area (Å²) >= 11 is 0. The monoisotopic (exact) mass is 73.0 g/mol. The minimum atomic E-state index is -0.222. The summed E-state index contributed by atoms with van der Waals surface area (Å²) in [5.74, 6) is 0. The van der Waals surface area contributed by atoms with Crippen molar-refractivity contribution in [1.82, 2.24) is 0 Å². The van der Waals surface area contributed by atoms with Gasteiger partial charge < -0.3 is 4.79 Å². The van der Waals surface area contributed by atoms with Crippen LogP contribution >= 0.6 is 0 Å². The van der Waals surface area contributed by atoms with E-state index in [2.05, 4.69) is 5.18 Å². The van der Waals surface area contributed by atoms with Crippen LogP contribution in [0.3, 0.4) is 0 Å². The fourth-order valence-electron chi connectivity index (χ4n) is 0.0304. The number of aldehydes is 1. The molecule has 0 atom stereocenters. The van der Waals surface area contributed by atoms with Crippen LogP contribution in [0.2, 0.25) is 0 Å². The number of hydrogen-bond acceptors (Lipinski definition) is 3. The van der Waals surface area contributed by atoms with Gasteiger partial charge in [0.25, 0.3) is 0 Å². The molecule has 0 bridgehead atoms. The summed E-state index contributed by atoms with van der Waals surface area (Å²) in [5.41, 5.74) is 0. The third-order valence-corrected chi connectivity index (χ3v) is 0.149. The van der Waals surface area contributed by atoms with E-state index < -0.39 is 0 Å². The van der Waals surface area contributed by atoms with Gasteiger partial charge in [-0.25, -0.2) is 0 Å². The van der Waals surface area contributed by atoms with E-state index in [1.54, 1.807) is 0 Å². The van der Waals surface area contributed by atoms with Crippen LogP contribution in [-0.2, 0) is 4.79 Å². The van der Waals surface area contributed by atoms with Crippen LogP contribution in [0.4, 0.5) is 0 Å². The van der Waals surface area contributed by atoms with Gasteiger partial charge in [0.2, 0.25) is 0 Å². The molecule has 0 aromatic heterocycles. The lowest BCUT2D eigenvalue weighted by Crippen LogP contribution is -1.72. The van der Waals surface area contributed by atoms with Crippen LogP contribution in [0.25, 0.3) is 0 Å². The van der Waals surface area contributed by atoms with Crippen molar-refractivity contribution in [2.45, 2.75) is 0 Å². The fraction of sp³-hybridized carbons (Fsp3) is 0.500. The van der Waals surface area contributed by atoms with Crippen LogP contribution in [0.15, 0.2) is 5.18 Å². The van der Waals surface area contributed by atoms with Gasteiger partial charge in [0, 0.05) is 0 Å². The summed E-state index contributed by atoms with van der Waals surface area (Å²) in [6.45, 7) is -0.222. The Kier molecular flexibility index (Phi) is 2.79. The van der Waals surface area contributed by atoms with Crippen LogP contribution in [-0.4, -0.2) is 12.8 Å². The predicted octanol–water partition coefficient (Wildman–Crippen LogP) is -0.0483. The first-order chi connectivity index (χ1) is 2.41. The van der Waals surface area contributed by atoms with Crippen molar-refractivity contribution < 1.29 is 4.79 Å². The fourth-order valence-corrected chi connectivity index (χ4v) is 0.0304. The first-order valence-electron chi connectivity index (χ1n) is 1.14. The summed E-state index contributed by atoms with van der Waals surface area (Å²) in [6.07, 6.45) is 0.451. The topological polar surface area (TPSA) is 46.5 Å². The standard InChI is InChI=1S/C2H3NO2/c4-2-1-3-5/h2H,1H2. The van der Waals surface area contributed by atoms with E-state index in [-0.39, 0.29) is 6.54 Å². The van der Waals surface area contributed by atoms with Crippen molar-refractivity contribution in [2.75, 3.05) is 6.54 Å². The summed E-state index contributed by atoms with van der Waals surface area (Å²) in [5, 5.41) is 2.24. The Labute approximate surface area is 29.0 Å². The highest BCUT2D eigenvalue weighted by atomic mass is 16.3. The molecule has 5 heavy (non-hydrogen) atoms. The van der Waals surface area contributed by atoms with Crippen molar-refractivity contribution in [3.63, 3.8) is 0 Å². The van der Waals surface area contributed by atoms with E-state index in [1.807, 2.05) is 0 Å². The van der Waals surface area contributed by atoms with Crippen LogP contribution < -0.4 is 0 Å². The number of nitrogens with zero attached hydrogens (tertiary/aromatic N) is 1. The second kappa shape index (κ2) is 3.27. The molecule has 0 spiro atoms. The normalized spacial score (nSPS) is 6.40. The van der Waals surface area contributed by atoms with Gasteiger partial charge in [0.15, 0.2) is 0 Å². The number of carbonyl (C=O) groups excluding carboxylic acids is 1. The first kappa shape index (κ1) is 4.27. The maximum absolute atomic E-state index is 9.11. The summed E-state index contributed by atoms with van der Waals surface area (Å²) in [7, 11) is 0. The minimum Gasteiger partial charge on any atom is -0.301 e. The molecule has 0 radical (unpaired) electrons. The second-order valence-electron chi connectivity index (χ2n) is 0.478. The lowest BCUT2D eigenvalue weighted by atomic mass is 10.8. The van der Waals surface area contributed by atoms with Gasteiger partial charge in [0.05, 0.1) is 0 Å². The lowest BCUT2D eigenvalue weighted by molar-refractivity contribution is -0.106. The largest absolute Gasteiger partial charge is 0.301 e. The Hall–Kier alpha value is -0.730. The minimum absolute atomic E-state index is 0.222.